The summed E-state index contributed by atoms with van der Waals surface area (Å²) in [4.78, 5) is 18.7. The van der Waals surface area contributed by atoms with Gasteiger partial charge in [-0.3, -0.25) is 9.79 Å². The summed E-state index contributed by atoms with van der Waals surface area (Å²) in [6, 6.07) is 7.84. The number of nitrogens with one attached hydrogen (secondary N) is 1. The van der Waals surface area contributed by atoms with E-state index in [1.54, 1.807) is 0 Å². The fraction of sp³-hybridized carbons (Fsp3) is 0.556. The summed E-state index contributed by atoms with van der Waals surface area (Å²) in [5.74, 6) is 0.902. The number of carbonyl (C=O) groups excluding carboxylic acids is 1. The van der Waals surface area contributed by atoms with Crippen LogP contribution in [0.15, 0.2) is 29.3 Å². The van der Waals surface area contributed by atoms with Crippen LogP contribution in [0.5, 0.6) is 0 Å². The summed E-state index contributed by atoms with van der Waals surface area (Å²) in [5.41, 5.74) is 1.21. The lowest BCUT2D eigenvalue weighted by atomic mass is 9.99. The number of likely N-dealkylation sites (tertiary alicyclic amines) is 1. The maximum Gasteiger partial charge on any atom is 0.310 e. The van der Waals surface area contributed by atoms with E-state index in [1.165, 1.54) is 12.7 Å². The summed E-state index contributed by atoms with van der Waals surface area (Å²) in [6.07, 6.45) is 0.857. The van der Waals surface area contributed by atoms with Crippen LogP contribution in [-0.4, -0.2) is 50.1 Å². The minimum absolute atomic E-state index is 0.0879. The van der Waals surface area contributed by atoms with Crippen LogP contribution >= 0.6 is 11.6 Å². The van der Waals surface area contributed by atoms with Crippen molar-refractivity contribution in [2.24, 2.45) is 16.8 Å². The molecule has 1 heterocycles. The summed E-state index contributed by atoms with van der Waals surface area (Å²) >= 11 is 5.91. The fourth-order valence-electron chi connectivity index (χ4n) is 2.97. The standard InChI is InChI=1S/C18H26ClN3O2/c1-4-20-18(21-10-9-14-5-7-15(19)8-6-14)22-11-13(2)16(12-22)17(23)24-3/h5-8,13,16H,4,9-12H2,1-3H3,(H,20,21). The maximum atomic E-state index is 11.9. The van der Waals surface area contributed by atoms with E-state index in [9.17, 15) is 4.79 Å². The first-order valence-corrected chi connectivity index (χ1v) is 8.78. The number of rotatable bonds is 5. The van der Waals surface area contributed by atoms with Gasteiger partial charge in [-0.05, 0) is 37.0 Å². The average molecular weight is 352 g/mol. The minimum atomic E-state index is -0.137. The van der Waals surface area contributed by atoms with Gasteiger partial charge < -0.3 is 15.0 Å². The highest BCUT2D eigenvalue weighted by molar-refractivity contribution is 6.30. The van der Waals surface area contributed by atoms with E-state index in [1.807, 2.05) is 31.2 Å². The molecule has 1 aliphatic heterocycles. The monoisotopic (exact) mass is 351 g/mol. The Kier molecular flexibility index (Phi) is 6.91. The fourth-order valence-corrected chi connectivity index (χ4v) is 3.09. The van der Waals surface area contributed by atoms with Crippen molar-refractivity contribution < 1.29 is 9.53 Å². The van der Waals surface area contributed by atoms with Gasteiger partial charge in [0.2, 0.25) is 0 Å². The van der Waals surface area contributed by atoms with Crippen molar-refractivity contribution in [1.29, 1.82) is 0 Å². The molecule has 2 rings (SSSR count). The van der Waals surface area contributed by atoms with Crippen molar-refractivity contribution in [3.8, 4) is 0 Å². The topological polar surface area (TPSA) is 53.9 Å². The number of hydrogen-bond donors (Lipinski definition) is 1. The molecule has 0 bridgehead atoms. The Morgan fingerprint density at radius 3 is 2.71 bits per heavy atom. The lowest BCUT2D eigenvalue weighted by molar-refractivity contribution is -0.145. The van der Waals surface area contributed by atoms with Crippen LogP contribution in [-0.2, 0) is 16.0 Å². The molecule has 2 unspecified atom stereocenters. The highest BCUT2D eigenvalue weighted by atomic mass is 35.5. The maximum absolute atomic E-state index is 11.9. The third kappa shape index (κ3) is 4.87. The number of aliphatic imine (C=N–C) groups is 1. The SMILES string of the molecule is CCNC(=NCCc1ccc(Cl)cc1)N1CC(C)C(C(=O)OC)C1. The largest absolute Gasteiger partial charge is 0.469 e. The van der Waals surface area contributed by atoms with Crippen LogP contribution in [0, 0.1) is 11.8 Å². The van der Waals surface area contributed by atoms with Gasteiger partial charge in [0, 0.05) is 31.2 Å². The summed E-state index contributed by atoms with van der Waals surface area (Å²) in [7, 11) is 1.45. The first kappa shape index (κ1) is 18.6. The van der Waals surface area contributed by atoms with E-state index in [0.717, 1.165) is 30.5 Å². The number of benzene rings is 1. The highest BCUT2D eigenvalue weighted by Crippen LogP contribution is 2.24. The molecular formula is C18H26ClN3O2. The summed E-state index contributed by atoms with van der Waals surface area (Å²) in [5, 5.41) is 4.07. The van der Waals surface area contributed by atoms with Gasteiger partial charge in [-0.1, -0.05) is 30.7 Å². The number of ether oxygens (including phenoxy) is 1. The van der Waals surface area contributed by atoms with Gasteiger partial charge in [-0.15, -0.1) is 0 Å². The van der Waals surface area contributed by atoms with Gasteiger partial charge in [-0.2, -0.15) is 0 Å². The Labute approximate surface area is 149 Å². The van der Waals surface area contributed by atoms with Gasteiger partial charge in [0.1, 0.15) is 0 Å². The molecule has 1 saturated heterocycles. The lowest BCUT2D eigenvalue weighted by Gasteiger charge is -2.21. The van der Waals surface area contributed by atoms with Crippen LogP contribution in [0.3, 0.4) is 0 Å². The Morgan fingerprint density at radius 2 is 2.08 bits per heavy atom. The smallest absolute Gasteiger partial charge is 0.310 e. The molecule has 0 aliphatic carbocycles. The number of methoxy groups -OCH3 is 1. The van der Waals surface area contributed by atoms with Gasteiger partial charge in [0.25, 0.3) is 0 Å². The number of carbonyl (C=O) groups is 1. The van der Waals surface area contributed by atoms with Crippen LogP contribution in [0.4, 0.5) is 0 Å². The molecular weight excluding hydrogens is 326 g/mol. The zero-order chi connectivity index (χ0) is 17.5. The Balaban J connectivity index is 1.98. The lowest BCUT2D eigenvalue weighted by Crippen LogP contribution is -2.40. The Morgan fingerprint density at radius 1 is 1.38 bits per heavy atom. The van der Waals surface area contributed by atoms with Crippen LogP contribution in [0.25, 0.3) is 0 Å². The molecule has 1 fully saturated rings. The molecule has 0 saturated carbocycles. The number of guanidine groups is 1. The van der Waals surface area contributed by atoms with Gasteiger partial charge >= 0.3 is 5.97 Å². The number of halogens is 1. The van der Waals surface area contributed by atoms with Gasteiger partial charge in [0.05, 0.1) is 13.0 Å². The molecule has 6 heteroatoms. The van der Waals surface area contributed by atoms with Gasteiger partial charge in [-0.25, -0.2) is 0 Å². The van der Waals surface area contributed by atoms with Crippen molar-refractivity contribution in [3.63, 3.8) is 0 Å². The average Bonchev–Trinajstić information content (AvgIpc) is 2.97. The van der Waals surface area contributed by atoms with E-state index in [0.29, 0.717) is 13.1 Å². The molecule has 5 nitrogen and oxygen atoms in total. The number of nitrogens with zero attached hydrogens (tertiary/aromatic N) is 2. The molecule has 1 aromatic rings. The van der Waals surface area contributed by atoms with E-state index >= 15 is 0 Å². The summed E-state index contributed by atoms with van der Waals surface area (Å²) < 4.78 is 4.90. The van der Waals surface area contributed by atoms with E-state index in [-0.39, 0.29) is 17.8 Å². The van der Waals surface area contributed by atoms with Crippen LogP contribution < -0.4 is 5.32 Å². The predicted octanol–water partition coefficient (Wildman–Crippen LogP) is 2.59. The first-order chi connectivity index (χ1) is 11.5. The van der Waals surface area contributed by atoms with E-state index in [2.05, 4.69) is 17.1 Å². The molecule has 132 valence electrons. The molecule has 0 spiro atoms. The van der Waals surface area contributed by atoms with Crippen LogP contribution in [0.2, 0.25) is 5.02 Å². The van der Waals surface area contributed by atoms with Crippen molar-refractivity contribution >= 4 is 23.5 Å². The minimum Gasteiger partial charge on any atom is -0.469 e. The number of esters is 1. The molecule has 2 atom stereocenters. The second kappa shape index (κ2) is 8.92. The third-order valence-electron chi connectivity index (χ3n) is 4.33. The van der Waals surface area contributed by atoms with Crippen molar-refractivity contribution in [1.82, 2.24) is 10.2 Å². The molecule has 1 aromatic carbocycles. The Hall–Kier alpha value is -1.75. The van der Waals surface area contributed by atoms with E-state index in [4.69, 9.17) is 21.3 Å². The molecule has 0 radical (unpaired) electrons. The number of hydrogen-bond acceptors (Lipinski definition) is 3. The highest BCUT2D eigenvalue weighted by Gasteiger charge is 2.36. The second-order valence-electron chi connectivity index (χ2n) is 6.12. The molecule has 24 heavy (non-hydrogen) atoms. The van der Waals surface area contributed by atoms with Gasteiger partial charge in [0.15, 0.2) is 5.96 Å². The van der Waals surface area contributed by atoms with Crippen molar-refractivity contribution in [2.45, 2.75) is 20.3 Å². The zero-order valence-electron chi connectivity index (χ0n) is 14.6. The quantitative estimate of drug-likeness (QED) is 0.503. The molecule has 0 aromatic heterocycles. The zero-order valence-corrected chi connectivity index (χ0v) is 15.3. The van der Waals surface area contributed by atoms with Crippen molar-refractivity contribution in [2.75, 3.05) is 33.3 Å². The van der Waals surface area contributed by atoms with Crippen LogP contribution in [0.1, 0.15) is 19.4 Å². The molecule has 1 aliphatic rings. The Bertz CT molecular complexity index is 574. The normalized spacial score (nSPS) is 21.0. The molecule has 1 N–H and O–H groups in total. The third-order valence-corrected chi connectivity index (χ3v) is 4.58. The first-order valence-electron chi connectivity index (χ1n) is 8.40. The second-order valence-corrected chi connectivity index (χ2v) is 6.56. The predicted molar refractivity (Wildman–Crippen MR) is 97.4 cm³/mol. The van der Waals surface area contributed by atoms with E-state index < -0.39 is 0 Å². The summed E-state index contributed by atoms with van der Waals surface area (Å²) in [6.45, 7) is 7.09. The van der Waals surface area contributed by atoms with Crippen molar-refractivity contribution in [3.05, 3.63) is 34.9 Å². The molecule has 0 amide bonds.